The molecule has 0 aliphatic rings. The van der Waals surface area contributed by atoms with Gasteiger partial charge in [-0.3, -0.25) is 0 Å². The molecule has 3 nitrogen and oxygen atoms in total. The summed E-state index contributed by atoms with van der Waals surface area (Å²) < 4.78 is 5.01. The van der Waals surface area contributed by atoms with Crippen molar-refractivity contribution in [2.75, 3.05) is 12.4 Å². The molecule has 19 heavy (non-hydrogen) atoms. The molecule has 0 aromatic heterocycles. The number of hydrogen-bond acceptors (Lipinski definition) is 3. The van der Waals surface area contributed by atoms with Gasteiger partial charge in [0.25, 0.3) is 0 Å². The smallest absolute Gasteiger partial charge is 0.160 e. The van der Waals surface area contributed by atoms with Gasteiger partial charge in [-0.05, 0) is 36.8 Å². The largest absolute Gasteiger partial charge is 0.504 e. The molecular formula is C15H16ClNO2. The van der Waals surface area contributed by atoms with Crippen LogP contribution in [-0.4, -0.2) is 12.2 Å². The van der Waals surface area contributed by atoms with Gasteiger partial charge in [0.2, 0.25) is 0 Å². The van der Waals surface area contributed by atoms with Crippen LogP contribution in [0, 0.1) is 0 Å². The standard InChI is InChI=1S/C15H16ClNO2/c1-10(11-4-3-5-12(16)8-11)17-13-6-7-15(19-2)14(18)9-13/h3-10,17-18H,1-2H3. The number of rotatable bonds is 4. The average molecular weight is 278 g/mol. The molecule has 4 heteroatoms. The molecule has 2 rings (SSSR count). The summed E-state index contributed by atoms with van der Waals surface area (Å²) in [5.41, 5.74) is 1.91. The minimum Gasteiger partial charge on any atom is -0.504 e. The van der Waals surface area contributed by atoms with E-state index in [-0.39, 0.29) is 11.8 Å². The summed E-state index contributed by atoms with van der Waals surface area (Å²) in [5.74, 6) is 0.576. The van der Waals surface area contributed by atoms with Crippen molar-refractivity contribution in [3.8, 4) is 11.5 Å². The lowest BCUT2D eigenvalue weighted by molar-refractivity contribution is 0.373. The molecule has 0 radical (unpaired) electrons. The summed E-state index contributed by atoms with van der Waals surface area (Å²) in [6.45, 7) is 2.03. The number of hydrogen-bond donors (Lipinski definition) is 2. The predicted molar refractivity (Wildman–Crippen MR) is 78.1 cm³/mol. The molecule has 0 spiro atoms. The molecule has 0 aliphatic carbocycles. The highest BCUT2D eigenvalue weighted by molar-refractivity contribution is 6.30. The highest BCUT2D eigenvalue weighted by Crippen LogP contribution is 2.30. The second-order valence-electron chi connectivity index (χ2n) is 4.31. The van der Waals surface area contributed by atoms with Crippen LogP contribution >= 0.6 is 11.6 Å². The molecule has 1 unspecified atom stereocenters. The SMILES string of the molecule is COc1ccc(NC(C)c2cccc(Cl)c2)cc1O. The van der Waals surface area contributed by atoms with E-state index in [9.17, 15) is 5.11 Å². The zero-order valence-corrected chi connectivity index (χ0v) is 11.6. The number of anilines is 1. The summed E-state index contributed by atoms with van der Waals surface area (Å²) in [5, 5.41) is 13.7. The molecule has 0 bridgehead atoms. The van der Waals surface area contributed by atoms with Crippen molar-refractivity contribution >= 4 is 17.3 Å². The highest BCUT2D eigenvalue weighted by Gasteiger charge is 2.08. The van der Waals surface area contributed by atoms with Crippen molar-refractivity contribution in [2.24, 2.45) is 0 Å². The van der Waals surface area contributed by atoms with Gasteiger partial charge >= 0.3 is 0 Å². The molecule has 0 aliphatic heterocycles. The Morgan fingerprint density at radius 3 is 2.63 bits per heavy atom. The Labute approximate surface area is 117 Å². The summed E-state index contributed by atoms with van der Waals surface area (Å²) in [7, 11) is 1.52. The third-order valence-corrected chi connectivity index (χ3v) is 3.15. The van der Waals surface area contributed by atoms with Crippen molar-refractivity contribution in [2.45, 2.75) is 13.0 Å². The first-order valence-corrected chi connectivity index (χ1v) is 6.37. The van der Waals surface area contributed by atoms with Crippen molar-refractivity contribution in [1.82, 2.24) is 0 Å². The van der Waals surface area contributed by atoms with E-state index in [2.05, 4.69) is 5.32 Å². The summed E-state index contributed by atoms with van der Waals surface area (Å²) in [6, 6.07) is 13.0. The van der Waals surface area contributed by atoms with Gasteiger partial charge < -0.3 is 15.2 Å². The van der Waals surface area contributed by atoms with Crippen LogP contribution in [0.3, 0.4) is 0 Å². The van der Waals surface area contributed by atoms with Crippen molar-refractivity contribution < 1.29 is 9.84 Å². The molecule has 0 heterocycles. The van der Waals surface area contributed by atoms with Gasteiger partial charge in [-0.15, -0.1) is 0 Å². The third kappa shape index (κ3) is 3.32. The summed E-state index contributed by atoms with van der Waals surface area (Å²) in [4.78, 5) is 0. The molecule has 100 valence electrons. The van der Waals surface area contributed by atoms with Gasteiger partial charge in [0, 0.05) is 22.8 Å². The first kappa shape index (κ1) is 13.6. The number of nitrogens with one attached hydrogen (secondary N) is 1. The van der Waals surface area contributed by atoms with E-state index in [1.807, 2.05) is 37.3 Å². The van der Waals surface area contributed by atoms with Gasteiger partial charge in [-0.1, -0.05) is 23.7 Å². The van der Waals surface area contributed by atoms with Crippen molar-refractivity contribution in [1.29, 1.82) is 0 Å². The molecule has 0 fully saturated rings. The number of benzene rings is 2. The quantitative estimate of drug-likeness (QED) is 0.879. The Balaban J connectivity index is 2.14. The van der Waals surface area contributed by atoms with E-state index in [4.69, 9.17) is 16.3 Å². The zero-order valence-electron chi connectivity index (χ0n) is 10.9. The summed E-state index contributed by atoms with van der Waals surface area (Å²) in [6.07, 6.45) is 0. The zero-order chi connectivity index (χ0) is 13.8. The minimum absolute atomic E-state index is 0.0893. The van der Waals surface area contributed by atoms with E-state index in [0.717, 1.165) is 11.3 Å². The summed E-state index contributed by atoms with van der Waals surface area (Å²) >= 11 is 5.97. The van der Waals surface area contributed by atoms with Crippen LogP contribution in [0.5, 0.6) is 11.5 Å². The first-order valence-electron chi connectivity index (χ1n) is 5.99. The van der Waals surface area contributed by atoms with E-state index >= 15 is 0 Å². The predicted octanol–water partition coefficient (Wildman–Crippen LogP) is 4.23. The van der Waals surface area contributed by atoms with Crippen LogP contribution in [-0.2, 0) is 0 Å². The molecule has 2 N–H and O–H groups in total. The first-order chi connectivity index (χ1) is 9.10. The number of halogens is 1. The molecule has 2 aromatic carbocycles. The number of ether oxygens (including phenoxy) is 1. The van der Waals surface area contributed by atoms with Gasteiger partial charge in [-0.2, -0.15) is 0 Å². The maximum Gasteiger partial charge on any atom is 0.160 e. The maximum absolute atomic E-state index is 9.73. The fraction of sp³-hybridized carbons (Fsp3) is 0.200. The van der Waals surface area contributed by atoms with Crippen LogP contribution in [0.1, 0.15) is 18.5 Å². The van der Waals surface area contributed by atoms with Crippen LogP contribution in [0.2, 0.25) is 5.02 Å². The van der Waals surface area contributed by atoms with E-state index < -0.39 is 0 Å². The molecule has 1 atom stereocenters. The topological polar surface area (TPSA) is 41.5 Å². The Morgan fingerprint density at radius 2 is 2.00 bits per heavy atom. The van der Waals surface area contributed by atoms with Crippen LogP contribution < -0.4 is 10.1 Å². The maximum atomic E-state index is 9.73. The highest BCUT2D eigenvalue weighted by atomic mass is 35.5. The minimum atomic E-state index is 0.0893. The van der Waals surface area contributed by atoms with Crippen LogP contribution in [0.25, 0.3) is 0 Å². The molecule has 0 amide bonds. The lowest BCUT2D eigenvalue weighted by Crippen LogP contribution is -2.06. The molecule has 0 saturated heterocycles. The Morgan fingerprint density at radius 1 is 1.21 bits per heavy atom. The number of aromatic hydroxyl groups is 1. The average Bonchev–Trinajstić information content (AvgIpc) is 2.39. The van der Waals surface area contributed by atoms with Gasteiger partial charge in [0.05, 0.1) is 7.11 Å². The van der Waals surface area contributed by atoms with Crippen LogP contribution in [0.4, 0.5) is 5.69 Å². The Hall–Kier alpha value is -1.87. The lowest BCUT2D eigenvalue weighted by atomic mass is 10.1. The fourth-order valence-electron chi connectivity index (χ4n) is 1.89. The third-order valence-electron chi connectivity index (χ3n) is 2.91. The number of phenols is 1. The van der Waals surface area contributed by atoms with Crippen LogP contribution in [0.15, 0.2) is 42.5 Å². The second-order valence-corrected chi connectivity index (χ2v) is 4.74. The van der Waals surface area contributed by atoms with Crippen molar-refractivity contribution in [3.05, 3.63) is 53.1 Å². The lowest BCUT2D eigenvalue weighted by Gasteiger charge is -2.16. The van der Waals surface area contributed by atoms with Gasteiger partial charge in [0.15, 0.2) is 11.5 Å². The fourth-order valence-corrected chi connectivity index (χ4v) is 2.09. The monoisotopic (exact) mass is 277 g/mol. The molecule has 0 saturated carbocycles. The van der Waals surface area contributed by atoms with Gasteiger partial charge in [0.1, 0.15) is 0 Å². The Bertz CT molecular complexity index is 572. The second kappa shape index (κ2) is 5.85. The Kier molecular flexibility index (Phi) is 4.17. The van der Waals surface area contributed by atoms with E-state index in [1.54, 1.807) is 12.1 Å². The van der Waals surface area contributed by atoms with Gasteiger partial charge in [-0.25, -0.2) is 0 Å². The molecule has 2 aromatic rings. The normalized spacial score (nSPS) is 11.9. The number of methoxy groups -OCH3 is 1. The van der Waals surface area contributed by atoms with E-state index in [0.29, 0.717) is 10.8 Å². The number of phenolic OH excluding ortho intramolecular Hbond substituents is 1. The van der Waals surface area contributed by atoms with Crippen molar-refractivity contribution in [3.63, 3.8) is 0 Å². The molecular weight excluding hydrogens is 262 g/mol. The van der Waals surface area contributed by atoms with E-state index in [1.165, 1.54) is 7.11 Å².